The van der Waals surface area contributed by atoms with E-state index in [1.165, 1.54) is 19.2 Å². The second-order valence-electron chi connectivity index (χ2n) is 3.49. The van der Waals surface area contributed by atoms with E-state index in [0.717, 1.165) is 6.07 Å². The van der Waals surface area contributed by atoms with Crippen LogP contribution in [0.2, 0.25) is 0 Å². The van der Waals surface area contributed by atoms with E-state index in [9.17, 15) is 9.18 Å². The summed E-state index contributed by atoms with van der Waals surface area (Å²) in [6.07, 6.45) is -0.974. The summed E-state index contributed by atoms with van der Waals surface area (Å²) >= 11 is 0. The fourth-order valence-electron chi connectivity index (χ4n) is 1.24. The molecule has 1 aromatic carbocycles. The van der Waals surface area contributed by atoms with E-state index < -0.39 is 18.5 Å². The molecule has 0 aromatic heterocycles. The molecule has 1 aromatic rings. The minimum absolute atomic E-state index is 0.00458. The first-order valence-electron chi connectivity index (χ1n) is 5.13. The summed E-state index contributed by atoms with van der Waals surface area (Å²) in [4.78, 5) is 11.3. The first-order chi connectivity index (χ1) is 8.08. The molecule has 0 saturated carbocycles. The van der Waals surface area contributed by atoms with E-state index in [0.29, 0.717) is 5.56 Å². The number of anilines is 1. The van der Waals surface area contributed by atoms with Gasteiger partial charge in [-0.15, -0.1) is 0 Å². The van der Waals surface area contributed by atoms with Crippen molar-refractivity contribution in [2.45, 2.75) is 6.10 Å². The van der Waals surface area contributed by atoms with Gasteiger partial charge in [0.1, 0.15) is 5.82 Å². The average Bonchev–Trinajstić information content (AvgIpc) is 2.36. The monoisotopic (exact) mass is 242 g/mol. The Morgan fingerprint density at radius 2 is 2.24 bits per heavy atom. The van der Waals surface area contributed by atoms with Gasteiger partial charge in [-0.3, -0.25) is 4.79 Å². The molecule has 0 aliphatic heterocycles. The molecule has 4 N–H and O–H groups in total. The molecular weight excluding hydrogens is 227 g/mol. The topological polar surface area (TPSA) is 81.6 Å². The summed E-state index contributed by atoms with van der Waals surface area (Å²) in [5.41, 5.74) is 0.425. The Kier molecular flexibility index (Phi) is 4.86. The van der Waals surface area contributed by atoms with Gasteiger partial charge in [0.15, 0.2) is 0 Å². The van der Waals surface area contributed by atoms with E-state index in [4.69, 9.17) is 10.2 Å². The molecule has 0 heterocycles. The van der Waals surface area contributed by atoms with Gasteiger partial charge in [-0.1, -0.05) is 0 Å². The highest BCUT2D eigenvalue weighted by atomic mass is 19.1. The van der Waals surface area contributed by atoms with Crippen LogP contribution in [0.1, 0.15) is 10.4 Å². The maximum Gasteiger partial charge on any atom is 0.251 e. The van der Waals surface area contributed by atoms with E-state index >= 15 is 0 Å². The van der Waals surface area contributed by atoms with Crippen molar-refractivity contribution < 1.29 is 19.4 Å². The smallest absolute Gasteiger partial charge is 0.251 e. The van der Waals surface area contributed by atoms with Crippen molar-refractivity contribution in [2.75, 3.05) is 25.5 Å². The normalized spacial score (nSPS) is 12.0. The summed E-state index contributed by atoms with van der Waals surface area (Å²) in [7, 11) is 1.48. The van der Waals surface area contributed by atoms with Crippen molar-refractivity contribution in [2.24, 2.45) is 0 Å². The minimum Gasteiger partial charge on any atom is -0.394 e. The average molecular weight is 242 g/mol. The third-order valence-corrected chi connectivity index (χ3v) is 2.19. The van der Waals surface area contributed by atoms with Crippen LogP contribution in [-0.2, 0) is 0 Å². The Hall–Kier alpha value is -1.66. The highest BCUT2D eigenvalue weighted by molar-refractivity contribution is 5.94. The van der Waals surface area contributed by atoms with Gasteiger partial charge in [0.2, 0.25) is 0 Å². The number of aliphatic hydroxyl groups excluding tert-OH is 2. The summed E-state index contributed by atoms with van der Waals surface area (Å²) in [6, 6.07) is 3.87. The molecule has 0 fully saturated rings. The molecule has 0 aliphatic carbocycles. The van der Waals surface area contributed by atoms with Gasteiger partial charge in [-0.05, 0) is 18.2 Å². The van der Waals surface area contributed by atoms with Crippen LogP contribution in [-0.4, -0.2) is 42.4 Å². The number of nitrogens with one attached hydrogen (secondary N) is 2. The molecule has 0 radical (unpaired) electrons. The molecule has 0 spiro atoms. The molecule has 0 aliphatic rings. The van der Waals surface area contributed by atoms with Crippen molar-refractivity contribution in [1.29, 1.82) is 0 Å². The Morgan fingerprint density at radius 3 is 2.82 bits per heavy atom. The molecule has 6 heteroatoms. The van der Waals surface area contributed by atoms with Crippen LogP contribution in [0.15, 0.2) is 18.2 Å². The summed E-state index contributed by atoms with van der Waals surface area (Å²) in [6.45, 7) is -0.408. The maximum absolute atomic E-state index is 13.4. The molecule has 17 heavy (non-hydrogen) atoms. The Balaban J connectivity index is 2.80. The number of halogens is 1. The first kappa shape index (κ1) is 13.4. The van der Waals surface area contributed by atoms with Crippen LogP contribution < -0.4 is 10.6 Å². The van der Waals surface area contributed by atoms with Gasteiger partial charge < -0.3 is 20.8 Å². The number of carbonyl (C=O) groups excluding carboxylic acids is 1. The van der Waals surface area contributed by atoms with Crippen LogP contribution in [0.3, 0.4) is 0 Å². The van der Waals surface area contributed by atoms with Crippen molar-refractivity contribution in [3.63, 3.8) is 0 Å². The number of carbonyl (C=O) groups is 1. The third-order valence-electron chi connectivity index (χ3n) is 2.19. The van der Waals surface area contributed by atoms with Crippen molar-refractivity contribution in [3.05, 3.63) is 29.6 Å². The van der Waals surface area contributed by atoms with Gasteiger partial charge in [0.05, 0.1) is 18.4 Å². The van der Waals surface area contributed by atoms with Gasteiger partial charge in [0, 0.05) is 19.2 Å². The zero-order valence-electron chi connectivity index (χ0n) is 9.40. The lowest BCUT2D eigenvalue weighted by Gasteiger charge is -2.11. The largest absolute Gasteiger partial charge is 0.394 e. The summed E-state index contributed by atoms with van der Waals surface area (Å²) in [5.74, 6) is -0.849. The zero-order valence-corrected chi connectivity index (χ0v) is 9.40. The molecule has 1 rings (SSSR count). The lowest BCUT2D eigenvalue weighted by molar-refractivity contribution is 0.0963. The number of amides is 1. The lowest BCUT2D eigenvalue weighted by Crippen LogP contribution is -2.24. The molecule has 1 amide bonds. The second kappa shape index (κ2) is 6.17. The van der Waals surface area contributed by atoms with Crippen molar-refractivity contribution >= 4 is 11.6 Å². The molecule has 5 nitrogen and oxygen atoms in total. The van der Waals surface area contributed by atoms with Crippen molar-refractivity contribution in [1.82, 2.24) is 5.32 Å². The molecule has 1 atom stereocenters. The highest BCUT2D eigenvalue weighted by Crippen LogP contribution is 2.16. The zero-order chi connectivity index (χ0) is 12.8. The maximum atomic E-state index is 13.4. The SMILES string of the molecule is CNC(=O)c1ccc(F)c(NCC(O)CO)c1. The fraction of sp³-hybridized carbons (Fsp3) is 0.364. The predicted octanol–water partition coefficient (Wildman–Crippen LogP) is -0.0496. The molecule has 1 unspecified atom stereocenters. The standard InChI is InChI=1S/C11H15FN2O3/c1-13-11(17)7-2-3-9(12)10(4-7)14-5-8(16)6-15/h2-4,8,14-16H,5-6H2,1H3,(H,13,17). The summed E-state index contributed by atoms with van der Waals surface area (Å²) < 4.78 is 13.4. The number of benzene rings is 1. The van der Waals surface area contributed by atoms with Crippen LogP contribution in [0.4, 0.5) is 10.1 Å². The van der Waals surface area contributed by atoms with Gasteiger partial charge in [-0.25, -0.2) is 4.39 Å². The molecular formula is C11H15FN2O3. The minimum atomic E-state index is -0.974. The van der Waals surface area contributed by atoms with E-state index in [2.05, 4.69) is 10.6 Å². The van der Waals surface area contributed by atoms with Crippen LogP contribution in [0.25, 0.3) is 0 Å². The third kappa shape index (κ3) is 3.69. The first-order valence-corrected chi connectivity index (χ1v) is 5.13. The van der Waals surface area contributed by atoms with Gasteiger partial charge in [0.25, 0.3) is 5.91 Å². The van der Waals surface area contributed by atoms with E-state index in [1.54, 1.807) is 0 Å². The van der Waals surface area contributed by atoms with Crippen LogP contribution >= 0.6 is 0 Å². The number of aliphatic hydroxyl groups is 2. The molecule has 0 saturated heterocycles. The highest BCUT2D eigenvalue weighted by Gasteiger charge is 2.09. The second-order valence-corrected chi connectivity index (χ2v) is 3.49. The lowest BCUT2D eigenvalue weighted by atomic mass is 10.1. The fourth-order valence-corrected chi connectivity index (χ4v) is 1.24. The van der Waals surface area contributed by atoms with Crippen molar-refractivity contribution in [3.8, 4) is 0 Å². The quantitative estimate of drug-likeness (QED) is 0.583. The molecule has 94 valence electrons. The summed E-state index contributed by atoms with van der Waals surface area (Å²) in [5, 5.41) is 22.8. The van der Waals surface area contributed by atoms with Gasteiger partial charge in [-0.2, -0.15) is 0 Å². The van der Waals surface area contributed by atoms with E-state index in [-0.39, 0.29) is 18.1 Å². The number of hydrogen-bond donors (Lipinski definition) is 4. The van der Waals surface area contributed by atoms with Crippen LogP contribution in [0, 0.1) is 5.82 Å². The molecule has 0 bridgehead atoms. The van der Waals surface area contributed by atoms with E-state index in [1.807, 2.05) is 0 Å². The predicted molar refractivity (Wildman–Crippen MR) is 61.4 cm³/mol. The van der Waals surface area contributed by atoms with Gasteiger partial charge >= 0.3 is 0 Å². The Labute approximate surface area is 98.3 Å². The number of hydrogen-bond acceptors (Lipinski definition) is 4. The van der Waals surface area contributed by atoms with Crippen LogP contribution in [0.5, 0.6) is 0 Å². The Bertz CT molecular complexity index is 398. The number of rotatable bonds is 5. The Morgan fingerprint density at radius 1 is 1.53 bits per heavy atom.